The molecule has 0 aromatic heterocycles. The predicted octanol–water partition coefficient (Wildman–Crippen LogP) is 1.60. The lowest BCUT2D eigenvalue weighted by molar-refractivity contribution is -0.187. The van der Waals surface area contributed by atoms with Gasteiger partial charge in [-0.25, -0.2) is 21.6 Å². The molecule has 10 heteroatoms. The fraction of sp³-hybridized carbons (Fsp3) is 1.00. The first-order chi connectivity index (χ1) is 10.0. The van der Waals surface area contributed by atoms with Crippen LogP contribution in [0.1, 0.15) is 38.5 Å². The van der Waals surface area contributed by atoms with Gasteiger partial charge in [0, 0.05) is 6.04 Å². The first-order valence-electron chi connectivity index (χ1n) is 7.29. The number of sulfonamides is 1. The van der Waals surface area contributed by atoms with Crippen molar-refractivity contribution < 1.29 is 30.0 Å². The van der Waals surface area contributed by atoms with Crippen LogP contribution < -0.4 is 4.72 Å². The maximum atomic E-state index is 13.0. The van der Waals surface area contributed by atoms with E-state index in [0.29, 0.717) is 12.8 Å². The van der Waals surface area contributed by atoms with Gasteiger partial charge in [0.2, 0.25) is 10.0 Å². The lowest BCUT2D eigenvalue weighted by atomic mass is 9.85. The molecule has 1 aliphatic heterocycles. The normalized spacial score (nSPS) is 31.0. The van der Waals surface area contributed by atoms with Crippen molar-refractivity contribution in [2.75, 3.05) is 11.5 Å². The molecular weight excluding hydrogens is 343 g/mol. The molecule has 2 atom stereocenters. The molecule has 1 saturated carbocycles. The summed E-state index contributed by atoms with van der Waals surface area (Å²) in [6.07, 6.45) is -3.46. The molecule has 0 aromatic rings. The summed E-state index contributed by atoms with van der Waals surface area (Å²) < 4.78 is 88.4. The van der Waals surface area contributed by atoms with Gasteiger partial charge >= 0.3 is 6.18 Å². The summed E-state index contributed by atoms with van der Waals surface area (Å²) in [4.78, 5) is 0. The van der Waals surface area contributed by atoms with Gasteiger partial charge in [-0.3, -0.25) is 0 Å². The van der Waals surface area contributed by atoms with Crippen LogP contribution in [0.3, 0.4) is 0 Å². The van der Waals surface area contributed by atoms with Gasteiger partial charge in [-0.2, -0.15) is 13.2 Å². The summed E-state index contributed by atoms with van der Waals surface area (Å²) in [7, 11) is -7.16. The van der Waals surface area contributed by atoms with Gasteiger partial charge < -0.3 is 0 Å². The molecule has 5 nitrogen and oxygen atoms in total. The minimum absolute atomic E-state index is 0.0545. The van der Waals surface area contributed by atoms with Crippen molar-refractivity contribution in [2.45, 2.75) is 56.0 Å². The van der Waals surface area contributed by atoms with E-state index < -0.39 is 43.2 Å². The lowest BCUT2D eigenvalue weighted by Gasteiger charge is -2.34. The summed E-state index contributed by atoms with van der Waals surface area (Å²) in [6.45, 7) is 0. The van der Waals surface area contributed by atoms with Gasteiger partial charge in [0.1, 0.15) is 9.84 Å². The first kappa shape index (κ1) is 18.0. The van der Waals surface area contributed by atoms with Crippen LogP contribution in [-0.4, -0.2) is 45.8 Å². The van der Waals surface area contributed by atoms with Crippen LogP contribution in [-0.2, 0) is 19.9 Å². The minimum atomic E-state index is -4.43. The van der Waals surface area contributed by atoms with Crippen molar-refractivity contribution in [1.29, 1.82) is 0 Å². The SMILES string of the molecule is O=S1(=O)CCC(S(=O)(=O)N[C@@H]2CCCC[C@@H]2C(F)(F)F)CC1. The zero-order valence-corrected chi connectivity index (χ0v) is 13.6. The molecule has 0 unspecified atom stereocenters. The smallest absolute Gasteiger partial charge is 0.229 e. The van der Waals surface area contributed by atoms with Gasteiger partial charge in [-0.05, 0) is 25.7 Å². The standard InChI is InChI=1S/C12H20F3NO4S2/c13-12(14,15)10-3-1-2-4-11(10)16-22(19,20)9-5-7-21(17,18)8-6-9/h9-11,16H,1-8H2/t10-,11+/m0/s1. The Morgan fingerprint density at radius 2 is 1.50 bits per heavy atom. The molecule has 2 aliphatic rings. The van der Waals surface area contributed by atoms with Gasteiger partial charge in [-0.15, -0.1) is 0 Å². The fourth-order valence-electron chi connectivity index (χ4n) is 3.15. The van der Waals surface area contributed by atoms with Crippen molar-refractivity contribution >= 4 is 19.9 Å². The van der Waals surface area contributed by atoms with E-state index in [4.69, 9.17) is 0 Å². The van der Waals surface area contributed by atoms with Crippen LogP contribution in [0.5, 0.6) is 0 Å². The van der Waals surface area contributed by atoms with Crippen LogP contribution in [0, 0.1) is 5.92 Å². The van der Waals surface area contributed by atoms with E-state index in [1.807, 2.05) is 0 Å². The molecule has 1 N–H and O–H groups in total. The van der Waals surface area contributed by atoms with Crippen LogP contribution in [0.25, 0.3) is 0 Å². The van der Waals surface area contributed by atoms with Crippen LogP contribution >= 0.6 is 0 Å². The monoisotopic (exact) mass is 363 g/mol. The number of alkyl halides is 3. The van der Waals surface area contributed by atoms with Crippen molar-refractivity contribution in [3.05, 3.63) is 0 Å². The van der Waals surface area contributed by atoms with Crippen molar-refractivity contribution in [3.8, 4) is 0 Å². The van der Waals surface area contributed by atoms with Gasteiger partial charge in [0.05, 0.1) is 22.7 Å². The molecule has 22 heavy (non-hydrogen) atoms. The number of halogens is 3. The molecule has 2 fully saturated rings. The number of nitrogens with one attached hydrogen (secondary N) is 1. The van der Waals surface area contributed by atoms with Crippen molar-refractivity contribution in [3.63, 3.8) is 0 Å². The average molecular weight is 363 g/mol. The molecule has 0 radical (unpaired) electrons. The Morgan fingerprint density at radius 3 is 2.05 bits per heavy atom. The van der Waals surface area contributed by atoms with E-state index in [-0.39, 0.29) is 37.2 Å². The Bertz CT molecular complexity index is 586. The minimum Gasteiger partial charge on any atom is -0.229 e. The number of hydrogen-bond acceptors (Lipinski definition) is 4. The fourth-order valence-corrected chi connectivity index (χ4v) is 6.69. The van der Waals surface area contributed by atoms with E-state index in [1.165, 1.54) is 0 Å². The highest BCUT2D eigenvalue weighted by Crippen LogP contribution is 2.38. The largest absolute Gasteiger partial charge is 0.393 e. The van der Waals surface area contributed by atoms with E-state index in [9.17, 15) is 30.0 Å². The summed E-state index contributed by atoms with van der Waals surface area (Å²) in [5, 5.41) is -0.924. The summed E-state index contributed by atoms with van der Waals surface area (Å²) >= 11 is 0. The quantitative estimate of drug-likeness (QED) is 0.826. The maximum absolute atomic E-state index is 13.0. The first-order valence-corrected chi connectivity index (χ1v) is 10.7. The molecule has 1 saturated heterocycles. The van der Waals surface area contributed by atoms with E-state index in [2.05, 4.69) is 4.72 Å². The third kappa shape index (κ3) is 4.35. The van der Waals surface area contributed by atoms with Crippen LogP contribution in [0.2, 0.25) is 0 Å². The van der Waals surface area contributed by atoms with Gasteiger partial charge in [-0.1, -0.05) is 12.8 Å². The van der Waals surface area contributed by atoms with Crippen molar-refractivity contribution in [2.24, 2.45) is 5.92 Å². The number of sulfone groups is 1. The number of rotatable bonds is 3. The zero-order valence-electron chi connectivity index (χ0n) is 12.0. The Balaban J connectivity index is 2.07. The van der Waals surface area contributed by atoms with E-state index in [1.54, 1.807) is 0 Å². The second kappa shape index (κ2) is 6.27. The highest BCUT2D eigenvalue weighted by Gasteiger charge is 2.47. The molecule has 0 aromatic carbocycles. The second-order valence-electron chi connectivity index (χ2n) is 6.05. The molecular formula is C12H20F3NO4S2. The van der Waals surface area contributed by atoms with E-state index >= 15 is 0 Å². The third-order valence-electron chi connectivity index (χ3n) is 4.44. The Morgan fingerprint density at radius 1 is 0.955 bits per heavy atom. The van der Waals surface area contributed by atoms with Crippen molar-refractivity contribution in [1.82, 2.24) is 4.72 Å². The van der Waals surface area contributed by atoms with Crippen LogP contribution in [0.15, 0.2) is 0 Å². The summed E-state index contributed by atoms with van der Waals surface area (Å²) in [5.74, 6) is -2.12. The van der Waals surface area contributed by atoms with Gasteiger partial charge in [0.25, 0.3) is 0 Å². The van der Waals surface area contributed by atoms with Gasteiger partial charge in [0.15, 0.2) is 0 Å². The van der Waals surface area contributed by atoms with Crippen LogP contribution in [0.4, 0.5) is 13.2 Å². The predicted molar refractivity (Wildman–Crippen MR) is 75.5 cm³/mol. The molecule has 2 rings (SSSR count). The Kier molecular flexibility index (Phi) is 5.13. The summed E-state index contributed by atoms with van der Waals surface area (Å²) in [5.41, 5.74) is 0. The van der Waals surface area contributed by atoms with E-state index in [0.717, 1.165) is 0 Å². The zero-order chi connectivity index (χ0) is 16.6. The molecule has 0 spiro atoms. The highest BCUT2D eigenvalue weighted by atomic mass is 32.2. The Labute approximate surface area is 128 Å². The average Bonchev–Trinajstić information content (AvgIpc) is 2.37. The molecule has 1 aliphatic carbocycles. The molecule has 0 amide bonds. The second-order valence-corrected chi connectivity index (χ2v) is 10.3. The Hall–Kier alpha value is -0.350. The third-order valence-corrected chi connectivity index (χ3v) is 8.14. The topological polar surface area (TPSA) is 80.3 Å². The summed E-state index contributed by atoms with van der Waals surface area (Å²) in [6, 6.07) is -1.14. The maximum Gasteiger partial charge on any atom is 0.393 e. The lowest BCUT2D eigenvalue weighted by Crippen LogP contribution is -2.51. The highest BCUT2D eigenvalue weighted by molar-refractivity contribution is 7.92. The molecule has 130 valence electrons. The number of hydrogen-bond donors (Lipinski definition) is 1. The molecule has 0 bridgehead atoms. The molecule has 1 heterocycles.